The number of nitriles is 1. The van der Waals surface area contributed by atoms with Gasteiger partial charge in [0.25, 0.3) is 5.56 Å². The number of nitrogens with zero attached hydrogens (tertiary/aromatic N) is 4. The van der Waals surface area contributed by atoms with Gasteiger partial charge in [-0.3, -0.25) is 14.2 Å². The highest BCUT2D eigenvalue weighted by Gasteiger charge is 2.36. The average Bonchev–Trinajstić information content (AvgIpc) is 2.79. The maximum absolute atomic E-state index is 12.8. The number of Topliss-reactive ketones (excluding diaryl/α,β-unsaturated/α-hetero) is 1. The maximum atomic E-state index is 12.8. The van der Waals surface area contributed by atoms with Gasteiger partial charge in [-0.2, -0.15) is 5.26 Å². The number of benzene rings is 1. The van der Waals surface area contributed by atoms with Crippen LogP contribution in [0.2, 0.25) is 0 Å². The molecule has 2 aromatic rings. The predicted octanol–water partition coefficient (Wildman–Crippen LogP) is 2.03. The summed E-state index contributed by atoms with van der Waals surface area (Å²) in [6, 6.07) is 6.14. The van der Waals surface area contributed by atoms with E-state index < -0.39 is 17.7 Å². The van der Waals surface area contributed by atoms with Crippen LogP contribution in [0.4, 0.5) is 4.79 Å². The van der Waals surface area contributed by atoms with Crippen LogP contribution in [0.25, 0.3) is 10.9 Å². The van der Waals surface area contributed by atoms with Gasteiger partial charge in [-0.15, -0.1) is 0 Å². The molecule has 3 rings (SSSR count). The number of ether oxygens (including phenoxy) is 2. The minimum absolute atomic E-state index is 0.0183. The second-order valence-electron chi connectivity index (χ2n) is 7.31. The van der Waals surface area contributed by atoms with E-state index in [9.17, 15) is 14.4 Å². The molecule has 9 heteroatoms. The second-order valence-corrected chi connectivity index (χ2v) is 7.31. The number of hydrogen-bond donors (Lipinski definition) is 0. The van der Waals surface area contributed by atoms with E-state index in [2.05, 4.69) is 11.6 Å². The third kappa shape index (κ3) is 4.98. The lowest BCUT2D eigenvalue weighted by Gasteiger charge is -2.39. The van der Waals surface area contributed by atoms with E-state index in [-0.39, 0.29) is 36.8 Å². The number of rotatable bonds is 7. The molecule has 0 saturated carbocycles. The molecule has 1 aliphatic heterocycles. The van der Waals surface area contributed by atoms with E-state index in [1.54, 1.807) is 19.2 Å². The highest BCUT2D eigenvalue weighted by Crippen LogP contribution is 2.24. The Hall–Kier alpha value is -3.51. The van der Waals surface area contributed by atoms with Gasteiger partial charge in [0.15, 0.2) is 5.78 Å². The monoisotopic (exact) mass is 424 g/mol. The van der Waals surface area contributed by atoms with E-state index in [0.29, 0.717) is 24.0 Å². The molecule has 0 bridgehead atoms. The third-order valence-electron chi connectivity index (χ3n) is 5.32. The van der Waals surface area contributed by atoms with Crippen LogP contribution in [0.15, 0.2) is 42.0 Å². The Labute approximate surface area is 179 Å². The van der Waals surface area contributed by atoms with Gasteiger partial charge in [-0.05, 0) is 31.0 Å². The van der Waals surface area contributed by atoms with Crippen LogP contribution in [0.5, 0.6) is 0 Å². The van der Waals surface area contributed by atoms with Crippen LogP contribution in [0.1, 0.15) is 24.8 Å². The fourth-order valence-corrected chi connectivity index (χ4v) is 3.81. The summed E-state index contributed by atoms with van der Waals surface area (Å²) in [6.07, 6.45) is 3.44. The van der Waals surface area contributed by atoms with Gasteiger partial charge >= 0.3 is 6.09 Å². The standard InChI is InChI=1S/C22H24N4O5/c1-3-9-31-22(29)26-8-4-5-20(30-2)19(26)11-16(27)13-25-14-24-18-7-6-15(12-23)10-17(18)21(25)28/h3,6-7,10,14,19-20H,1,4-5,8-9,11,13H2,2H3/t19-,20+/m0/s1. The first kappa shape index (κ1) is 22.2. The van der Waals surface area contributed by atoms with Gasteiger partial charge in [0.1, 0.15) is 6.61 Å². The molecule has 2 atom stereocenters. The molecule has 1 aromatic carbocycles. The number of fused-ring (bicyclic) bond motifs is 1. The summed E-state index contributed by atoms with van der Waals surface area (Å²) >= 11 is 0. The Bertz CT molecular complexity index is 1090. The van der Waals surface area contributed by atoms with Gasteiger partial charge in [0.2, 0.25) is 0 Å². The zero-order valence-electron chi connectivity index (χ0n) is 17.3. The molecule has 9 nitrogen and oxygen atoms in total. The van der Waals surface area contributed by atoms with Crippen molar-refractivity contribution < 1.29 is 19.1 Å². The summed E-state index contributed by atoms with van der Waals surface area (Å²) in [5.41, 5.74) is 0.398. The summed E-state index contributed by atoms with van der Waals surface area (Å²) in [5.74, 6) is -0.241. The van der Waals surface area contributed by atoms with Gasteiger partial charge in [0.05, 0.1) is 47.6 Å². The van der Waals surface area contributed by atoms with Crippen molar-refractivity contribution in [3.05, 3.63) is 53.1 Å². The molecular weight excluding hydrogens is 400 g/mol. The smallest absolute Gasteiger partial charge is 0.410 e. The summed E-state index contributed by atoms with van der Waals surface area (Å²) < 4.78 is 11.9. The largest absolute Gasteiger partial charge is 0.445 e. The molecule has 31 heavy (non-hydrogen) atoms. The molecule has 1 fully saturated rings. The van der Waals surface area contributed by atoms with Crippen molar-refractivity contribution in [1.82, 2.24) is 14.5 Å². The van der Waals surface area contributed by atoms with Crippen LogP contribution < -0.4 is 5.56 Å². The van der Waals surface area contributed by atoms with E-state index in [0.717, 1.165) is 6.42 Å². The van der Waals surface area contributed by atoms with E-state index in [1.165, 1.54) is 27.9 Å². The molecule has 1 aliphatic rings. The van der Waals surface area contributed by atoms with E-state index >= 15 is 0 Å². The number of likely N-dealkylation sites (tertiary alicyclic amines) is 1. The second kappa shape index (κ2) is 10.00. The fourth-order valence-electron chi connectivity index (χ4n) is 3.81. The number of aromatic nitrogens is 2. The van der Waals surface area contributed by atoms with Crippen molar-refractivity contribution in [2.75, 3.05) is 20.3 Å². The van der Waals surface area contributed by atoms with Crippen molar-refractivity contribution in [1.29, 1.82) is 5.26 Å². The summed E-state index contributed by atoms with van der Waals surface area (Å²) in [5, 5.41) is 9.34. The molecule has 0 aliphatic carbocycles. The lowest BCUT2D eigenvalue weighted by molar-refractivity contribution is -0.122. The highest BCUT2D eigenvalue weighted by atomic mass is 16.6. The minimum Gasteiger partial charge on any atom is -0.445 e. The van der Waals surface area contributed by atoms with Crippen molar-refractivity contribution in [3.63, 3.8) is 0 Å². The fraction of sp³-hybridized carbons (Fsp3) is 0.409. The van der Waals surface area contributed by atoms with Crippen molar-refractivity contribution >= 4 is 22.8 Å². The molecule has 0 unspecified atom stereocenters. The molecular formula is C22H24N4O5. The molecule has 162 valence electrons. The number of ketones is 1. The molecule has 1 aromatic heterocycles. The van der Waals surface area contributed by atoms with Crippen LogP contribution in [0.3, 0.4) is 0 Å². The van der Waals surface area contributed by atoms with Gasteiger partial charge in [-0.25, -0.2) is 9.78 Å². The van der Waals surface area contributed by atoms with Gasteiger partial charge in [0, 0.05) is 20.1 Å². The predicted molar refractivity (Wildman–Crippen MR) is 112 cm³/mol. The number of carbonyl (C=O) groups excluding carboxylic acids is 2. The first-order chi connectivity index (χ1) is 15.0. The van der Waals surface area contributed by atoms with Crippen molar-refractivity contribution in [2.24, 2.45) is 0 Å². The van der Waals surface area contributed by atoms with Crippen molar-refractivity contribution in [2.45, 2.75) is 38.0 Å². The number of methoxy groups -OCH3 is 1. The van der Waals surface area contributed by atoms with Crippen LogP contribution in [-0.4, -0.2) is 58.7 Å². The Morgan fingerprint density at radius 1 is 1.42 bits per heavy atom. The van der Waals surface area contributed by atoms with Crippen LogP contribution in [-0.2, 0) is 20.8 Å². The van der Waals surface area contributed by atoms with Crippen LogP contribution in [0, 0.1) is 11.3 Å². The third-order valence-corrected chi connectivity index (χ3v) is 5.32. The Kier molecular flexibility index (Phi) is 7.15. The topological polar surface area (TPSA) is 115 Å². The van der Waals surface area contributed by atoms with E-state index in [1.807, 2.05) is 6.07 Å². The van der Waals surface area contributed by atoms with E-state index in [4.69, 9.17) is 14.7 Å². The highest BCUT2D eigenvalue weighted by molar-refractivity contribution is 5.81. The molecule has 2 heterocycles. The normalized spacial score (nSPS) is 18.4. The lowest BCUT2D eigenvalue weighted by Crippen LogP contribution is -2.53. The first-order valence-electron chi connectivity index (χ1n) is 9.96. The molecule has 0 spiro atoms. The van der Waals surface area contributed by atoms with Crippen molar-refractivity contribution in [3.8, 4) is 6.07 Å². The maximum Gasteiger partial charge on any atom is 0.410 e. The molecule has 0 radical (unpaired) electrons. The van der Waals surface area contributed by atoms with Crippen LogP contribution >= 0.6 is 0 Å². The SMILES string of the molecule is C=CCOC(=O)N1CCC[C@@H](OC)[C@@H]1CC(=O)Cn1cnc2ccc(C#N)cc2c1=O. The number of hydrogen-bond acceptors (Lipinski definition) is 7. The Morgan fingerprint density at radius 2 is 2.23 bits per heavy atom. The average molecular weight is 424 g/mol. The Morgan fingerprint density at radius 3 is 2.94 bits per heavy atom. The summed E-state index contributed by atoms with van der Waals surface area (Å²) in [4.78, 5) is 43.8. The molecule has 1 saturated heterocycles. The lowest BCUT2D eigenvalue weighted by atomic mass is 9.94. The van der Waals surface area contributed by atoms with Gasteiger partial charge < -0.3 is 14.4 Å². The zero-order chi connectivity index (χ0) is 22.4. The quantitative estimate of drug-likeness (QED) is 0.625. The number of amides is 1. The number of carbonyl (C=O) groups is 2. The first-order valence-corrected chi connectivity index (χ1v) is 9.96. The zero-order valence-corrected chi connectivity index (χ0v) is 17.3. The Balaban J connectivity index is 1.79. The summed E-state index contributed by atoms with van der Waals surface area (Å²) in [7, 11) is 1.55. The minimum atomic E-state index is -0.520. The number of piperidine rings is 1. The summed E-state index contributed by atoms with van der Waals surface area (Å²) in [6.45, 7) is 3.88. The molecule has 0 N–H and O–H groups in total. The van der Waals surface area contributed by atoms with Gasteiger partial charge in [-0.1, -0.05) is 12.7 Å². The molecule has 1 amide bonds.